The zero-order valence-electron chi connectivity index (χ0n) is 14.0. The molecule has 2 aromatic carbocycles. The maximum atomic E-state index is 12.5. The summed E-state index contributed by atoms with van der Waals surface area (Å²) in [4.78, 5) is 23.8. The lowest BCUT2D eigenvalue weighted by Gasteiger charge is -2.10. The Kier molecular flexibility index (Phi) is 4.43. The highest BCUT2D eigenvalue weighted by Gasteiger charge is 2.14. The van der Waals surface area contributed by atoms with E-state index < -0.39 is 0 Å². The molecule has 0 amide bonds. The summed E-state index contributed by atoms with van der Waals surface area (Å²) in [6.07, 6.45) is 0.609. The van der Waals surface area contributed by atoms with Gasteiger partial charge in [0.25, 0.3) is 0 Å². The lowest BCUT2D eigenvalue weighted by Crippen LogP contribution is -2.04. The highest BCUT2D eigenvalue weighted by atomic mass is 16.5. The summed E-state index contributed by atoms with van der Waals surface area (Å²) in [7, 11) is 4.55. The number of hydrogen-bond donors (Lipinski definition) is 0. The van der Waals surface area contributed by atoms with E-state index >= 15 is 0 Å². The Labute approximate surface area is 143 Å². The molecule has 0 spiro atoms. The van der Waals surface area contributed by atoms with E-state index in [1.165, 1.54) is 26.4 Å². The van der Waals surface area contributed by atoms with Crippen molar-refractivity contribution in [1.82, 2.24) is 0 Å². The summed E-state index contributed by atoms with van der Waals surface area (Å²) in [5, 5.41) is 0.222. The van der Waals surface area contributed by atoms with Gasteiger partial charge in [-0.05, 0) is 24.3 Å². The Morgan fingerprint density at radius 2 is 1.68 bits per heavy atom. The van der Waals surface area contributed by atoms with Crippen molar-refractivity contribution in [2.45, 2.75) is 0 Å². The number of carbonyl (C=O) groups excluding carboxylic acids is 1. The summed E-state index contributed by atoms with van der Waals surface area (Å²) in [5.41, 5.74) is 0.837. The van der Waals surface area contributed by atoms with Crippen molar-refractivity contribution < 1.29 is 23.4 Å². The number of rotatable bonds is 5. The smallest absolute Gasteiger partial charge is 0.194 e. The van der Waals surface area contributed by atoms with Gasteiger partial charge in [0.2, 0.25) is 0 Å². The fourth-order valence-corrected chi connectivity index (χ4v) is 2.64. The molecular weight excluding hydrogens is 324 g/mol. The molecule has 0 aliphatic rings. The van der Waals surface area contributed by atoms with Gasteiger partial charge in [0.05, 0.1) is 26.7 Å². The van der Waals surface area contributed by atoms with Crippen LogP contribution in [0.25, 0.3) is 22.3 Å². The fourth-order valence-electron chi connectivity index (χ4n) is 2.64. The second-order valence-electron chi connectivity index (χ2n) is 5.25. The summed E-state index contributed by atoms with van der Waals surface area (Å²) >= 11 is 0. The van der Waals surface area contributed by atoms with E-state index in [-0.39, 0.29) is 22.0 Å². The van der Waals surface area contributed by atoms with Crippen LogP contribution in [-0.4, -0.2) is 27.6 Å². The van der Waals surface area contributed by atoms with Crippen molar-refractivity contribution >= 4 is 17.3 Å². The van der Waals surface area contributed by atoms with Gasteiger partial charge < -0.3 is 18.6 Å². The van der Waals surface area contributed by atoms with Gasteiger partial charge in [-0.2, -0.15) is 0 Å². The standard InChI is InChI=1S/C19H16O6/c1-22-13-6-12(10-20)19-14(21)9-16(25-18(19)8-13)11-4-5-15(23-2)17(7-11)24-3/h4-10H,1-3H3. The number of benzene rings is 2. The van der Waals surface area contributed by atoms with Crippen LogP contribution in [0.3, 0.4) is 0 Å². The molecule has 0 fully saturated rings. The van der Waals surface area contributed by atoms with E-state index in [0.29, 0.717) is 34.9 Å². The SMILES string of the molecule is COc1cc(C=O)c2c(=O)cc(-c3ccc(OC)c(OC)c3)oc2c1. The molecule has 0 aliphatic carbocycles. The molecule has 0 saturated carbocycles. The van der Waals surface area contributed by atoms with E-state index in [2.05, 4.69) is 0 Å². The first kappa shape index (κ1) is 16.6. The first-order valence-corrected chi connectivity index (χ1v) is 7.44. The Bertz CT molecular complexity index is 1000. The van der Waals surface area contributed by atoms with E-state index in [9.17, 15) is 9.59 Å². The maximum Gasteiger partial charge on any atom is 0.194 e. The zero-order chi connectivity index (χ0) is 18.0. The Morgan fingerprint density at radius 1 is 0.920 bits per heavy atom. The summed E-state index contributed by atoms with van der Waals surface area (Å²) in [6.45, 7) is 0. The van der Waals surface area contributed by atoms with E-state index in [0.717, 1.165) is 0 Å². The third-order valence-electron chi connectivity index (χ3n) is 3.87. The molecule has 1 aromatic heterocycles. The van der Waals surface area contributed by atoms with Crippen molar-refractivity contribution in [1.29, 1.82) is 0 Å². The average molecular weight is 340 g/mol. The number of carbonyl (C=O) groups is 1. The van der Waals surface area contributed by atoms with Crippen molar-refractivity contribution in [2.24, 2.45) is 0 Å². The second kappa shape index (κ2) is 6.68. The van der Waals surface area contributed by atoms with Gasteiger partial charge in [0, 0.05) is 23.3 Å². The van der Waals surface area contributed by atoms with Gasteiger partial charge in [0.15, 0.2) is 23.2 Å². The fraction of sp³-hybridized carbons (Fsp3) is 0.158. The molecule has 0 N–H and O–H groups in total. The van der Waals surface area contributed by atoms with Crippen LogP contribution in [0.2, 0.25) is 0 Å². The predicted octanol–water partition coefficient (Wildman–Crippen LogP) is 3.30. The zero-order valence-corrected chi connectivity index (χ0v) is 14.0. The highest BCUT2D eigenvalue weighted by molar-refractivity contribution is 5.97. The molecule has 6 heteroatoms. The molecule has 3 rings (SSSR count). The molecule has 0 aliphatic heterocycles. The Morgan fingerprint density at radius 3 is 2.32 bits per heavy atom. The van der Waals surface area contributed by atoms with E-state index in [1.54, 1.807) is 31.4 Å². The van der Waals surface area contributed by atoms with Crippen LogP contribution < -0.4 is 19.6 Å². The minimum absolute atomic E-state index is 0.222. The monoisotopic (exact) mass is 340 g/mol. The molecule has 6 nitrogen and oxygen atoms in total. The number of methoxy groups -OCH3 is 3. The van der Waals surface area contributed by atoms with Gasteiger partial charge >= 0.3 is 0 Å². The van der Waals surface area contributed by atoms with Crippen molar-refractivity contribution in [2.75, 3.05) is 21.3 Å². The third-order valence-corrected chi connectivity index (χ3v) is 3.87. The predicted molar refractivity (Wildman–Crippen MR) is 93.0 cm³/mol. The van der Waals surface area contributed by atoms with Crippen LogP contribution in [0.1, 0.15) is 10.4 Å². The van der Waals surface area contributed by atoms with E-state index in [4.69, 9.17) is 18.6 Å². The van der Waals surface area contributed by atoms with Crippen LogP contribution in [0, 0.1) is 0 Å². The molecule has 0 radical (unpaired) electrons. The van der Waals surface area contributed by atoms with Crippen LogP contribution in [0.4, 0.5) is 0 Å². The topological polar surface area (TPSA) is 75.0 Å². The minimum atomic E-state index is -0.309. The molecule has 128 valence electrons. The molecule has 0 bridgehead atoms. The van der Waals surface area contributed by atoms with Gasteiger partial charge in [-0.3, -0.25) is 9.59 Å². The van der Waals surface area contributed by atoms with Crippen LogP contribution in [0.5, 0.6) is 17.2 Å². The lowest BCUT2D eigenvalue weighted by atomic mass is 10.1. The molecule has 0 atom stereocenters. The summed E-state index contributed by atoms with van der Waals surface area (Å²) in [5.74, 6) is 1.87. The van der Waals surface area contributed by atoms with Crippen molar-refractivity contribution in [3.63, 3.8) is 0 Å². The normalized spacial score (nSPS) is 10.5. The molecule has 3 aromatic rings. The first-order valence-electron chi connectivity index (χ1n) is 7.44. The summed E-state index contributed by atoms with van der Waals surface area (Å²) in [6, 6.07) is 9.62. The summed E-state index contributed by atoms with van der Waals surface area (Å²) < 4.78 is 21.5. The molecule has 1 heterocycles. The van der Waals surface area contributed by atoms with Gasteiger partial charge in [-0.1, -0.05) is 0 Å². The number of ether oxygens (including phenoxy) is 3. The maximum absolute atomic E-state index is 12.5. The molecule has 0 unspecified atom stereocenters. The number of hydrogen-bond acceptors (Lipinski definition) is 6. The first-order chi connectivity index (χ1) is 12.1. The third kappa shape index (κ3) is 2.94. The minimum Gasteiger partial charge on any atom is -0.497 e. The molecule has 25 heavy (non-hydrogen) atoms. The number of fused-ring (bicyclic) bond motifs is 1. The van der Waals surface area contributed by atoms with Crippen LogP contribution in [0.15, 0.2) is 45.6 Å². The van der Waals surface area contributed by atoms with Crippen LogP contribution >= 0.6 is 0 Å². The number of aldehydes is 1. The average Bonchev–Trinajstić information content (AvgIpc) is 2.65. The largest absolute Gasteiger partial charge is 0.497 e. The Hall–Kier alpha value is -3.28. The van der Waals surface area contributed by atoms with Gasteiger partial charge in [-0.25, -0.2) is 0 Å². The molecular formula is C19H16O6. The molecule has 0 saturated heterocycles. The van der Waals surface area contributed by atoms with Gasteiger partial charge in [-0.15, -0.1) is 0 Å². The second-order valence-corrected chi connectivity index (χ2v) is 5.25. The van der Waals surface area contributed by atoms with Gasteiger partial charge in [0.1, 0.15) is 17.1 Å². The van der Waals surface area contributed by atoms with E-state index in [1.807, 2.05) is 0 Å². The van der Waals surface area contributed by atoms with Crippen LogP contribution in [-0.2, 0) is 0 Å². The quantitative estimate of drug-likeness (QED) is 0.664. The Balaban J connectivity index is 2.25. The van der Waals surface area contributed by atoms with Crippen molar-refractivity contribution in [3.8, 4) is 28.6 Å². The van der Waals surface area contributed by atoms with Crippen molar-refractivity contribution in [3.05, 3.63) is 52.2 Å². The lowest BCUT2D eigenvalue weighted by molar-refractivity contribution is 0.112. The highest BCUT2D eigenvalue weighted by Crippen LogP contribution is 2.33.